The van der Waals surface area contributed by atoms with Crippen LogP contribution in [0.2, 0.25) is 0 Å². The molecule has 0 aliphatic heterocycles. The van der Waals surface area contributed by atoms with Gasteiger partial charge in [-0.25, -0.2) is 0 Å². The summed E-state index contributed by atoms with van der Waals surface area (Å²) in [4.78, 5) is 12.7. The van der Waals surface area contributed by atoms with Crippen LogP contribution in [0, 0.1) is 5.41 Å². The van der Waals surface area contributed by atoms with Crippen LogP contribution in [0.3, 0.4) is 0 Å². The molecule has 0 aromatic heterocycles. The van der Waals surface area contributed by atoms with Gasteiger partial charge in [-0.3, -0.25) is 10.2 Å². The van der Waals surface area contributed by atoms with Crippen LogP contribution in [-0.4, -0.2) is 28.4 Å². The lowest BCUT2D eigenvalue weighted by molar-refractivity contribution is 0.228. The Morgan fingerprint density at radius 2 is 2.00 bits per heavy atom. The lowest BCUT2D eigenvalue weighted by Crippen LogP contribution is -2.28. The Labute approximate surface area is 70.6 Å². The van der Waals surface area contributed by atoms with Crippen molar-refractivity contribution in [2.24, 2.45) is 5.73 Å². The minimum absolute atomic E-state index is 0.150. The molecule has 1 amide bonds. The van der Waals surface area contributed by atoms with E-state index in [-0.39, 0.29) is 10.4 Å². The average molecular weight is 175 g/mol. The van der Waals surface area contributed by atoms with Gasteiger partial charge in [-0.15, -0.1) is 0 Å². The summed E-state index contributed by atoms with van der Waals surface area (Å²) in [5.41, 5.74) is 5.04. The Morgan fingerprint density at radius 3 is 2.27 bits per heavy atom. The lowest BCUT2D eigenvalue weighted by atomic mass is 10.6. The van der Waals surface area contributed by atoms with Gasteiger partial charge in [-0.05, 0) is 13.8 Å². The first-order valence-corrected chi connectivity index (χ1v) is 4.24. The van der Waals surface area contributed by atoms with E-state index >= 15 is 0 Å². The highest BCUT2D eigenvalue weighted by Crippen LogP contribution is 2.06. The van der Waals surface area contributed by atoms with E-state index in [9.17, 15) is 4.79 Å². The topological polar surface area (TPSA) is 70.2 Å². The molecule has 0 saturated heterocycles. The summed E-state index contributed by atoms with van der Waals surface area (Å²) in [6, 6.07) is 0. The Bertz CT molecular complexity index is 156. The number of carbonyl (C=O) groups excluding carboxylic acids is 1. The highest BCUT2D eigenvalue weighted by atomic mass is 32.2. The van der Waals surface area contributed by atoms with Crippen molar-refractivity contribution in [1.29, 1.82) is 5.41 Å². The molecule has 0 aliphatic rings. The zero-order chi connectivity index (χ0) is 8.85. The molecule has 0 aromatic carbocycles. The van der Waals surface area contributed by atoms with Crippen LogP contribution in [-0.2, 0) is 0 Å². The third-order valence-electron chi connectivity index (χ3n) is 1.22. The van der Waals surface area contributed by atoms with Crippen molar-refractivity contribution in [2.75, 3.05) is 13.1 Å². The maximum atomic E-state index is 11.1. The molecule has 64 valence electrons. The standard InChI is InChI=1S/C6H13N3OS/c1-3-9(4-2)6(10)11-5(7)8/h3-4H2,1-2H3,(H3,7,8). The van der Waals surface area contributed by atoms with E-state index < -0.39 is 0 Å². The number of nitrogens with two attached hydrogens (primary N) is 1. The molecule has 0 atom stereocenters. The molecule has 0 aliphatic carbocycles. The summed E-state index contributed by atoms with van der Waals surface area (Å²) in [6.07, 6.45) is 0. The van der Waals surface area contributed by atoms with Gasteiger partial charge in [0.15, 0.2) is 5.17 Å². The largest absolute Gasteiger partial charge is 0.378 e. The van der Waals surface area contributed by atoms with Crippen molar-refractivity contribution in [1.82, 2.24) is 4.90 Å². The van der Waals surface area contributed by atoms with Gasteiger partial charge >= 0.3 is 0 Å². The minimum atomic E-state index is -0.151. The van der Waals surface area contributed by atoms with Gasteiger partial charge in [-0.2, -0.15) is 0 Å². The summed E-state index contributed by atoms with van der Waals surface area (Å²) in [5, 5.41) is 6.56. The van der Waals surface area contributed by atoms with Crippen molar-refractivity contribution >= 4 is 22.2 Å². The van der Waals surface area contributed by atoms with E-state index in [2.05, 4.69) is 0 Å². The van der Waals surface area contributed by atoms with Gasteiger partial charge in [0.1, 0.15) is 0 Å². The van der Waals surface area contributed by atoms with Crippen molar-refractivity contribution < 1.29 is 4.79 Å². The molecule has 0 spiro atoms. The average Bonchev–Trinajstić information content (AvgIpc) is 1.88. The first kappa shape index (κ1) is 10.3. The molecule has 11 heavy (non-hydrogen) atoms. The predicted molar refractivity (Wildman–Crippen MR) is 47.8 cm³/mol. The van der Waals surface area contributed by atoms with Crippen molar-refractivity contribution in [3.63, 3.8) is 0 Å². The second-order valence-corrected chi connectivity index (χ2v) is 2.90. The minimum Gasteiger partial charge on any atom is -0.378 e. The molecule has 0 aromatic rings. The van der Waals surface area contributed by atoms with Gasteiger partial charge in [0.25, 0.3) is 5.24 Å². The van der Waals surface area contributed by atoms with E-state index in [0.29, 0.717) is 13.1 Å². The van der Waals surface area contributed by atoms with E-state index in [1.807, 2.05) is 13.8 Å². The zero-order valence-electron chi connectivity index (χ0n) is 6.76. The van der Waals surface area contributed by atoms with Crippen molar-refractivity contribution in [3.8, 4) is 0 Å². The maximum absolute atomic E-state index is 11.1. The SMILES string of the molecule is CCN(CC)C(=O)SC(=N)N. The fourth-order valence-electron chi connectivity index (χ4n) is 0.640. The van der Waals surface area contributed by atoms with Crippen molar-refractivity contribution in [2.45, 2.75) is 13.8 Å². The molecule has 0 heterocycles. The number of amidine groups is 1. The summed E-state index contributed by atoms with van der Waals surface area (Å²) in [7, 11) is 0. The summed E-state index contributed by atoms with van der Waals surface area (Å²) in [6.45, 7) is 5.11. The maximum Gasteiger partial charge on any atom is 0.289 e. The number of nitrogens with zero attached hydrogens (tertiary/aromatic N) is 1. The molecule has 0 saturated carbocycles. The van der Waals surface area contributed by atoms with Gasteiger partial charge in [0.05, 0.1) is 0 Å². The van der Waals surface area contributed by atoms with E-state index in [0.717, 1.165) is 11.8 Å². The number of amides is 1. The van der Waals surface area contributed by atoms with Gasteiger partial charge in [0.2, 0.25) is 0 Å². The fraction of sp³-hybridized carbons (Fsp3) is 0.667. The number of thioether (sulfide) groups is 1. The normalized spacial score (nSPS) is 9.27. The van der Waals surface area contributed by atoms with Crippen LogP contribution >= 0.6 is 11.8 Å². The molecule has 0 radical (unpaired) electrons. The smallest absolute Gasteiger partial charge is 0.289 e. The fourth-order valence-corrected chi connectivity index (χ4v) is 1.22. The number of carbonyl (C=O) groups is 1. The number of nitrogens with one attached hydrogen (secondary N) is 1. The van der Waals surface area contributed by atoms with Gasteiger partial charge < -0.3 is 10.6 Å². The van der Waals surface area contributed by atoms with Crippen LogP contribution in [0.5, 0.6) is 0 Å². The molecule has 0 bridgehead atoms. The zero-order valence-corrected chi connectivity index (χ0v) is 7.57. The monoisotopic (exact) mass is 175 g/mol. The third kappa shape index (κ3) is 3.87. The van der Waals surface area contributed by atoms with E-state index in [1.165, 1.54) is 0 Å². The summed E-state index contributed by atoms with van der Waals surface area (Å²) >= 11 is 0.760. The van der Waals surface area contributed by atoms with Crippen LogP contribution in [0.1, 0.15) is 13.8 Å². The number of hydrogen-bond donors (Lipinski definition) is 2. The first-order valence-electron chi connectivity index (χ1n) is 3.42. The van der Waals surface area contributed by atoms with Crippen molar-refractivity contribution in [3.05, 3.63) is 0 Å². The lowest BCUT2D eigenvalue weighted by Gasteiger charge is -2.16. The second-order valence-electron chi connectivity index (χ2n) is 1.90. The Morgan fingerprint density at radius 1 is 1.55 bits per heavy atom. The molecule has 3 N–H and O–H groups in total. The Kier molecular flexibility index (Phi) is 4.69. The van der Waals surface area contributed by atoms with E-state index in [4.69, 9.17) is 11.1 Å². The molecular formula is C6H13N3OS. The highest BCUT2D eigenvalue weighted by Gasteiger charge is 2.10. The number of rotatable bonds is 2. The van der Waals surface area contributed by atoms with Crippen LogP contribution < -0.4 is 5.73 Å². The molecule has 0 unspecified atom stereocenters. The third-order valence-corrected chi connectivity index (χ3v) is 1.87. The first-order chi connectivity index (χ1) is 5.11. The summed E-state index contributed by atoms with van der Waals surface area (Å²) in [5.74, 6) is 0. The second kappa shape index (κ2) is 5.01. The Balaban J connectivity index is 3.89. The van der Waals surface area contributed by atoms with Crippen LogP contribution in [0.4, 0.5) is 4.79 Å². The molecular weight excluding hydrogens is 162 g/mol. The highest BCUT2D eigenvalue weighted by molar-refractivity contribution is 8.26. The quantitative estimate of drug-likeness (QED) is 0.487. The molecule has 4 nitrogen and oxygen atoms in total. The Hall–Kier alpha value is -0.710. The van der Waals surface area contributed by atoms with Gasteiger partial charge in [-0.1, -0.05) is 0 Å². The van der Waals surface area contributed by atoms with Crippen LogP contribution in [0.25, 0.3) is 0 Å². The predicted octanol–water partition coefficient (Wildman–Crippen LogP) is 1.07. The van der Waals surface area contributed by atoms with Gasteiger partial charge in [0, 0.05) is 24.9 Å². The molecule has 0 rings (SSSR count). The molecule has 5 heteroatoms. The molecule has 0 fully saturated rings. The summed E-state index contributed by atoms with van der Waals surface area (Å²) < 4.78 is 0. The van der Waals surface area contributed by atoms with E-state index in [1.54, 1.807) is 4.90 Å². The number of hydrogen-bond acceptors (Lipinski definition) is 3. The van der Waals surface area contributed by atoms with Crippen LogP contribution in [0.15, 0.2) is 0 Å².